The van der Waals surface area contributed by atoms with Crippen molar-refractivity contribution < 1.29 is 9.47 Å². The first-order chi connectivity index (χ1) is 8.70. The molecular weight excluding hydrogens is 226 g/mol. The maximum absolute atomic E-state index is 6.01. The standard InChI is InChI=1S/C15H23NO2/c1-11-7-14(9-16)8-12(2)15(11)18-10-13-3-5-17-6-4-13/h7-8,13H,3-6,9-10,16H2,1-2H3. The van der Waals surface area contributed by atoms with E-state index in [1.807, 2.05) is 0 Å². The summed E-state index contributed by atoms with van der Waals surface area (Å²) in [5, 5.41) is 0. The van der Waals surface area contributed by atoms with Crippen LogP contribution in [0.3, 0.4) is 0 Å². The van der Waals surface area contributed by atoms with Gasteiger partial charge < -0.3 is 15.2 Å². The maximum Gasteiger partial charge on any atom is 0.125 e. The number of rotatable bonds is 4. The van der Waals surface area contributed by atoms with E-state index in [-0.39, 0.29) is 0 Å². The van der Waals surface area contributed by atoms with Gasteiger partial charge in [-0.3, -0.25) is 0 Å². The van der Waals surface area contributed by atoms with E-state index in [0.717, 1.165) is 38.4 Å². The van der Waals surface area contributed by atoms with Crippen LogP contribution in [0.1, 0.15) is 29.5 Å². The van der Waals surface area contributed by atoms with Crippen molar-refractivity contribution in [2.45, 2.75) is 33.2 Å². The van der Waals surface area contributed by atoms with Gasteiger partial charge in [0.15, 0.2) is 0 Å². The topological polar surface area (TPSA) is 44.5 Å². The van der Waals surface area contributed by atoms with E-state index in [1.165, 1.54) is 16.7 Å². The number of ether oxygens (including phenoxy) is 2. The van der Waals surface area contributed by atoms with Crippen molar-refractivity contribution in [3.05, 3.63) is 28.8 Å². The van der Waals surface area contributed by atoms with Crippen LogP contribution in [-0.4, -0.2) is 19.8 Å². The van der Waals surface area contributed by atoms with E-state index in [4.69, 9.17) is 15.2 Å². The van der Waals surface area contributed by atoms with Gasteiger partial charge in [0.1, 0.15) is 5.75 Å². The van der Waals surface area contributed by atoms with Gasteiger partial charge in [0, 0.05) is 19.8 Å². The second kappa shape index (κ2) is 6.21. The van der Waals surface area contributed by atoms with Crippen LogP contribution < -0.4 is 10.5 Å². The highest BCUT2D eigenvalue weighted by Crippen LogP contribution is 2.26. The van der Waals surface area contributed by atoms with Crippen LogP contribution in [-0.2, 0) is 11.3 Å². The first-order valence-corrected chi connectivity index (χ1v) is 6.71. The zero-order valence-electron chi connectivity index (χ0n) is 11.4. The molecule has 0 spiro atoms. The number of benzene rings is 1. The Labute approximate surface area is 109 Å². The van der Waals surface area contributed by atoms with Gasteiger partial charge in [-0.25, -0.2) is 0 Å². The Hall–Kier alpha value is -1.06. The molecule has 3 heteroatoms. The van der Waals surface area contributed by atoms with Crippen molar-refractivity contribution in [3.63, 3.8) is 0 Å². The summed E-state index contributed by atoms with van der Waals surface area (Å²) in [6, 6.07) is 4.23. The lowest BCUT2D eigenvalue weighted by Gasteiger charge is -2.23. The normalized spacial score (nSPS) is 16.8. The Balaban J connectivity index is 2.00. The van der Waals surface area contributed by atoms with Crippen LogP contribution in [0.4, 0.5) is 0 Å². The molecule has 1 aliphatic rings. The number of nitrogens with two attached hydrogens (primary N) is 1. The van der Waals surface area contributed by atoms with Crippen molar-refractivity contribution in [1.82, 2.24) is 0 Å². The predicted molar refractivity (Wildman–Crippen MR) is 72.8 cm³/mol. The second-order valence-corrected chi connectivity index (χ2v) is 5.13. The zero-order valence-corrected chi connectivity index (χ0v) is 11.4. The molecule has 2 N–H and O–H groups in total. The lowest BCUT2D eigenvalue weighted by atomic mass is 10.0. The molecule has 1 aromatic rings. The fourth-order valence-electron chi connectivity index (χ4n) is 2.50. The van der Waals surface area contributed by atoms with E-state index < -0.39 is 0 Å². The van der Waals surface area contributed by atoms with Crippen LogP contribution in [0, 0.1) is 19.8 Å². The molecular formula is C15H23NO2. The summed E-state index contributed by atoms with van der Waals surface area (Å²) in [6.07, 6.45) is 2.22. The molecule has 1 heterocycles. The van der Waals surface area contributed by atoms with Gasteiger partial charge in [-0.1, -0.05) is 12.1 Å². The SMILES string of the molecule is Cc1cc(CN)cc(C)c1OCC1CCOCC1. The van der Waals surface area contributed by atoms with Crippen LogP contribution >= 0.6 is 0 Å². The van der Waals surface area contributed by atoms with Gasteiger partial charge in [0.05, 0.1) is 6.61 Å². The molecule has 1 fully saturated rings. The molecule has 1 saturated heterocycles. The molecule has 2 rings (SSSR count). The summed E-state index contributed by atoms with van der Waals surface area (Å²) < 4.78 is 11.4. The van der Waals surface area contributed by atoms with Gasteiger partial charge in [0.25, 0.3) is 0 Å². The van der Waals surface area contributed by atoms with E-state index >= 15 is 0 Å². The molecule has 3 nitrogen and oxygen atoms in total. The Kier molecular flexibility index (Phi) is 4.61. The van der Waals surface area contributed by atoms with Gasteiger partial charge in [-0.2, -0.15) is 0 Å². The highest BCUT2D eigenvalue weighted by atomic mass is 16.5. The molecule has 100 valence electrons. The number of hydrogen-bond acceptors (Lipinski definition) is 3. The zero-order chi connectivity index (χ0) is 13.0. The largest absolute Gasteiger partial charge is 0.493 e. The Morgan fingerprint density at radius 1 is 1.22 bits per heavy atom. The highest BCUT2D eigenvalue weighted by Gasteiger charge is 2.15. The minimum absolute atomic E-state index is 0.585. The molecule has 0 unspecified atom stereocenters. The molecule has 0 aromatic heterocycles. The summed E-state index contributed by atoms with van der Waals surface area (Å²) >= 11 is 0. The quantitative estimate of drug-likeness (QED) is 0.892. The Morgan fingerprint density at radius 2 is 1.83 bits per heavy atom. The third kappa shape index (κ3) is 3.24. The van der Waals surface area contributed by atoms with E-state index in [1.54, 1.807) is 0 Å². The molecule has 0 amide bonds. The van der Waals surface area contributed by atoms with Crippen molar-refractivity contribution >= 4 is 0 Å². The lowest BCUT2D eigenvalue weighted by Crippen LogP contribution is -2.21. The molecule has 0 aliphatic carbocycles. The maximum atomic E-state index is 6.01. The molecule has 18 heavy (non-hydrogen) atoms. The van der Waals surface area contributed by atoms with Crippen molar-refractivity contribution in [2.24, 2.45) is 11.7 Å². The summed E-state index contributed by atoms with van der Waals surface area (Å²) in [5.41, 5.74) is 9.21. The minimum atomic E-state index is 0.585. The van der Waals surface area contributed by atoms with Crippen molar-refractivity contribution in [2.75, 3.05) is 19.8 Å². The molecule has 0 radical (unpaired) electrons. The second-order valence-electron chi connectivity index (χ2n) is 5.13. The fraction of sp³-hybridized carbons (Fsp3) is 0.600. The van der Waals surface area contributed by atoms with Crippen LogP contribution in [0.25, 0.3) is 0 Å². The number of aryl methyl sites for hydroxylation is 2. The number of hydrogen-bond donors (Lipinski definition) is 1. The molecule has 0 atom stereocenters. The summed E-state index contributed by atoms with van der Waals surface area (Å²) in [6.45, 7) is 7.31. The lowest BCUT2D eigenvalue weighted by molar-refractivity contribution is 0.0495. The third-order valence-electron chi connectivity index (χ3n) is 3.56. The van der Waals surface area contributed by atoms with Crippen molar-refractivity contribution in [1.29, 1.82) is 0 Å². The first kappa shape index (κ1) is 13.4. The summed E-state index contributed by atoms with van der Waals surface area (Å²) in [5.74, 6) is 1.66. The van der Waals surface area contributed by atoms with E-state index in [2.05, 4.69) is 26.0 Å². The van der Waals surface area contributed by atoms with Gasteiger partial charge in [-0.05, 0) is 49.3 Å². The highest BCUT2D eigenvalue weighted by molar-refractivity contribution is 5.43. The third-order valence-corrected chi connectivity index (χ3v) is 3.56. The molecule has 0 saturated carbocycles. The Bertz CT molecular complexity index is 374. The van der Waals surface area contributed by atoms with Crippen LogP contribution in [0.15, 0.2) is 12.1 Å². The monoisotopic (exact) mass is 249 g/mol. The first-order valence-electron chi connectivity index (χ1n) is 6.71. The van der Waals surface area contributed by atoms with Crippen LogP contribution in [0.2, 0.25) is 0 Å². The molecule has 1 aliphatic heterocycles. The minimum Gasteiger partial charge on any atom is -0.493 e. The van der Waals surface area contributed by atoms with Crippen LogP contribution in [0.5, 0.6) is 5.75 Å². The predicted octanol–water partition coefficient (Wildman–Crippen LogP) is 2.57. The van der Waals surface area contributed by atoms with E-state index in [9.17, 15) is 0 Å². The van der Waals surface area contributed by atoms with E-state index in [0.29, 0.717) is 12.5 Å². The summed E-state index contributed by atoms with van der Waals surface area (Å²) in [4.78, 5) is 0. The molecule has 0 bridgehead atoms. The average molecular weight is 249 g/mol. The summed E-state index contributed by atoms with van der Waals surface area (Å²) in [7, 11) is 0. The van der Waals surface area contributed by atoms with Gasteiger partial charge >= 0.3 is 0 Å². The molecule has 1 aromatic carbocycles. The van der Waals surface area contributed by atoms with Crippen molar-refractivity contribution in [3.8, 4) is 5.75 Å². The smallest absolute Gasteiger partial charge is 0.125 e. The van der Waals surface area contributed by atoms with Gasteiger partial charge in [0.2, 0.25) is 0 Å². The average Bonchev–Trinajstić information content (AvgIpc) is 2.38. The fourth-order valence-corrected chi connectivity index (χ4v) is 2.50. The van der Waals surface area contributed by atoms with Gasteiger partial charge in [-0.15, -0.1) is 0 Å². The Morgan fingerprint density at radius 3 is 2.39 bits per heavy atom.